The van der Waals surface area contributed by atoms with E-state index in [0.29, 0.717) is 0 Å². The van der Waals surface area contributed by atoms with Gasteiger partial charge in [0.05, 0.1) is 13.2 Å². The highest BCUT2D eigenvalue weighted by molar-refractivity contribution is 5.79. The lowest BCUT2D eigenvalue weighted by molar-refractivity contribution is 0.0377. The summed E-state index contributed by atoms with van der Waals surface area (Å²) in [5.41, 5.74) is 0. The number of ether oxygens (including phenoxy) is 1. The van der Waals surface area contributed by atoms with Crippen LogP contribution in [-0.2, 0) is 4.74 Å². The number of unbranched alkanes of at least 4 members (excludes halogenated alkanes) is 4. The monoisotopic (exact) mass is 355 g/mol. The maximum absolute atomic E-state index is 5.38. The lowest BCUT2D eigenvalue weighted by Gasteiger charge is -2.26. The van der Waals surface area contributed by atoms with Crippen LogP contribution in [0.4, 0.5) is 0 Å². The SMILES string of the molecule is CCNC(=NCCCN1CCOCC1)NCCCCCCCN(C)C. The second-order valence-electron chi connectivity index (χ2n) is 7.07. The topological polar surface area (TPSA) is 52.1 Å². The largest absolute Gasteiger partial charge is 0.379 e. The van der Waals surface area contributed by atoms with E-state index in [2.05, 4.69) is 41.5 Å². The van der Waals surface area contributed by atoms with E-state index in [0.717, 1.165) is 64.9 Å². The van der Waals surface area contributed by atoms with Crippen LogP contribution in [0.25, 0.3) is 0 Å². The van der Waals surface area contributed by atoms with E-state index in [1.54, 1.807) is 0 Å². The summed E-state index contributed by atoms with van der Waals surface area (Å²) in [4.78, 5) is 9.43. The average molecular weight is 356 g/mol. The number of hydrogen-bond acceptors (Lipinski definition) is 4. The van der Waals surface area contributed by atoms with E-state index in [-0.39, 0.29) is 0 Å². The second kappa shape index (κ2) is 15.4. The molecule has 0 amide bonds. The lowest BCUT2D eigenvalue weighted by atomic mass is 10.1. The van der Waals surface area contributed by atoms with Gasteiger partial charge >= 0.3 is 0 Å². The third-order valence-electron chi connectivity index (χ3n) is 4.42. The fraction of sp³-hybridized carbons (Fsp3) is 0.947. The highest BCUT2D eigenvalue weighted by Gasteiger charge is 2.08. The molecule has 0 aromatic carbocycles. The van der Waals surface area contributed by atoms with Crippen LogP contribution in [0.2, 0.25) is 0 Å². The summed E-state index contributed by atoms with van der Waals surface area (Å²) in [7, 11) is 4.29. The molecule has 1 aliphatic heterocycles. The molecule has 0 aromatic rings. The summed E-state index contributed by atoms with van der Waals surface area (Å²) in [6, 6.07) is 0. The van der Waals surface area contributed by atoms with Crippen molar-refractivity contribution in [3.8, 4) is 0 Å². The molecule has 0 atom stereocenters. The highest BCUT2D eigenvalue weighted by atomic mass is 16.5. The van der Waals surface area contributed by atoms with E-state index in [1.165, 1.54) is 38.6 Å². The van der Waals surface area contributed by atoms with Crippen LogP contribution in [0.1, 0.15) is 45.4 Å². The Morgan fingerprint density at radius 2 is 1.72 bits per heavy atom. The first kappa shape index (κ1) is 22.2. The molecule has 0 bridgehead atoms. The van der Waals surface area contributed by atoms with Gasteiger partial charge in [-0.3, -0.25) is 9.89 Å². The molecule has 25 heavy (non-hydrogen) atoms. The van der Waals surface area contributed by atoms with Crippen LogP contribution in [0.5, 0.6) is 0 Å². The number of rotatable bonds is 13. The molecule has 1 fully saturated rings. The zero-order chi connectivity index (χ0) is 18.2. The van der Waals surface area contributed by atoms with Crippen molar-refractivity contribution in [1.29, 1.82) is 0 Å². The normalized spacial score (nSPS) is 16.4. The van der Waals surface area contributed by atoms with Gasteiger partial charge in [-0.25, -0.2) is 0 Å². The molecule has 0 aromatic heterocycles. The van der Waals surface area contributed by atoms with Crippen molar-refractivity contribution in [3.05, 3.63) is 0 Å². The van der Waals surface area contributed by atoms with Gasteiger partial charge in [-0.15, -0.1) is 0 Å². The van der Waals surface area contributed by atoms with E-state index < -0.39 is 0 Å². The molecule has 0 unspecified atom stereocenters. The van der Waals surface area contributed by atoms with Crippen LogP contribution in [0.3, 0.4) is 0 Å². The molecular weight excluding hydrogens is 314 g/mol. The Labute approximate surface area is 155 Å². The van der Waals surface area contributed by atoms with Crippen LogP contribution in [0.15, 0.2) is 4.99 Å². The van der Waals surface area contributed by atoms with E-state index in [4.69, 9.17) is 9.73 Å². The number of guanidine groups is 1. The number of hydrogen-bond donors (Lipinski definition) is 2. The van der Waals surface area contributed by atoms with Crippen molar-refractivity contribution in [2.75, 3.05) is 73.1 Å². The molecular formula is C19H41N5O. The summed E-state index contributed by atoms with van der Waals surface area (Å²) in [6.07, 6.45) is 7.63. The Bertz CT molecular complexity index is 330. The fourth-order valence-corrected chi connectivity index (χ4v) is 2.94. The Morgan fingerprint density at radius 3 is 2.44 bits per heavy atom. The van der Waals surface area contributed by atoms with Gasteiger partial charge in [0.1, 0.15) is 0 Å². The van der Waals surface area contributed by atoms with Crippen molar-refractivity contribution < 1.29 is 4.74 Å². The Hall–Kier alpha value is -0.850. The molecule has 1 aliphatic rings. The van der Waals surface area contributed by atoms with Gasteiger partial charge in [0, 0.05) is 39.3 Å². The first-order valence-electron chi connectivity index (χ1n) is 10.2. The minimum atomic E-state index is 0.878. The molecule has 0 saturated carbocycles. The van der Waals surface area contributed by atoms with E-state index in [9.17, 15) is 0 Å². The summed E-state index contributed by atoms with van der Waals surface area (Å²) >= 11 is 0. The Balaban J connectivity index is 2.03. The zero-order valence-corrected chi connectivity index (χ0v) is 16.9. The van der Waals surface area contributed by atoms with Crippen molar-refractivity contribution in [1.82, 2.24) is 20.4 Å². The summed E-state index contributed by atoms with van der Waals surface area (Å²) < 4.78 is 5.38. The van der Waals surface area contributed by atoms with Gasteiger partial charge < -0.3 is 20.3 Å². The van der Waals surface area contributed by atoms with Crippen molar-refractivity contribution in [2.45, 2.75) is 45.4 Å². The van der Waals surface area contributed by atoms with Gasteiger partial charge in [-0.05, 0) is 46.8 Å². The number of nitrogens with zero attached hydrogens (tertiary/aromatic N) is 3. The lowest BCUT2D eigenvalue weighted by Crippen LogP contribution is -2.38. The number of nitrogens with one attached hydrogen (secondary N) is 2. The number of aliphatic imine (C=N–C) groups is 1. The predicted octanol–water partition coefficient (Wildman–Crippen LogP) is 1.78. The first-order valence-corrected chi connectivity index (χ1v) is 10.2. The maximum Gasteiger partial charge on any atom is 0.191 e. The first-order chi connectivity index (χ1) is 12.2. The molecule has 0 radical (unpaired) electrons. The van der Waals surface area contributed by atoms with Crippen LogP contribution >= 0.6 is 0 Å². The third kappa shape index (κ3) is 13.1. The van der Waals surface area contributed by atoms with Crippen molar-refractivity contribution >= 4 is 5.96 Å². The van der Waals surface area contributed by atoms with Gasteiger partial charge in [0.15, 0.2) is 5.96 Å². The molecule has 1 heterocycles. The molecule has 148 valence electrons. The molecule has 6 heteroatoms. The minimum absolute atomic E-state index is 0.878. The molecule has 0 aliphatic carbocycles. The predicted molar refractivity (Wildman–Crippen MR) is 107 cm³/mol. The van der Waals surface area contributed by atoms with Gasteiger partial charge in [-0.1, -0.05) is 19.3 Å². The second-order valence-corrected chi connectivity index (χ2v) is 7.07. The van der Waals surface area contributed by atoms with E-state index >= 15 is 0 Å². The van der Waals surface area contributed by atoms with Crippen molar-refractivity contribution in [3.63, 3.8) is 0 Å². The van der Waals surface area contributed by atoms with Crippen LogP contribution < -0.4 is 10.6 Å². The smallest absolute Gasteiger partial charge is 0.191 e. The average Bonchev–Trinajstić information content (AvgIpc) is 2.61. The highest BCUT2D eigenvalue weighted by Crippen LogP contribution is 2.03. The number of morpholine rings is 1. The molecule has 6 nitrogen and oxygen atoms in total. The zero-order valence-electron chi connectivity index (χ0n) is 16.9. The summed E-state index contributed by atoms with van der Waals surface area (Å²) in [5.74, 6) is 0.970. The maximum atomic E-state index is 5.38. The van der Waals surface area contributed by atoms with Gasteiger partial charge in [-0.2, -0.15) is 0 Å². The van der Waals surface area contributed by atoms with Crippen LogP contribution in [0, 0.1) is 0 Å². The van der Waals surface area contributed by atoms with Crippen molar-refractivity contribution in [2.24, 2.45) is 4.99 Å². The Morgan fingerprint density at radius 1 is 1.00 bits per heavy atom. The molecule has 2 N–H and O–H groups in total. The molecule has 1 saturated heterocycles. The summed E-state index contributed by atoms with van der Waals surface area (Å²) in [6.45, 7) is 11.2. The van der Waals surface area contributed by atoms with Gasteiger partial charge in [0.25, 0.3) is 0 Å². The Kier molecular flexibility index (Phi) is 13.7. The quantitative estimate of drug-likeness (QED) is 0.300. The van der Waals surface area contributed by atoms with Crippen LogP contribution in [-0.4, -0.2) is 88.9 Å². The summed E-state index contributed by atoms with van der Waals surface area (Å²) in [5, 5.41) is 6.81. The standard InChI is InChI=1S/C19H41N5O/c1-4-20-19(21-11-8-6-5-7-9-13-23(2)3)22-12-10-14-24-15-17-25-18-16-24/h4-18H2,1-3H3,(H2,20,21,22). The van der Waals surface area contributed by atoms with E-state index in [1.807, 2.05) is 0 Å². The fourth-order valence-electron chi connectivity index (χ4n) is 2.94. The molecule has 0 spiro atoms. The van der Waals surface area contributed by atoms with Gasteiger partial charge in [0.2, 0.25) is 0 Å². The minimum Gasteiger partial charge on any atom is -0.379 e. The molecule has 1 rings (SSSR count). The third-order valence-corrected chi connectivity index (χ3v) is 4.42.